The Kier molecular flexibility index (Phi) is 5.25. The molecule has 2 aromatic carbocycles. The van der Waals surface area contributed by atoms with Crippen molar-refractivity contribution in [2.45, 2.75) is 11.3 Å². The third-order valence-electron chi connectivity index (χ3n) is 3.59. The quantitative estimate of drug-likeness (QED) is 0.658. The molecule has 7 heteroatoms. The molecule has 0 unspecified atom stereocenters. The Morgan fingerprint density at radius 3 is 2.60 bits per heavy atom. The zero-order valence-electron chi connectivity index (χ0n) is 13.4. The summed E-state index contributed by atoms with van der Waals surface area (Å²) in [4.78, 5) is 4.33. The van der Waals surface area contributed by atoms with Gasteiger partial charge in [0.1, 0.15) is 17.1 Å². The number of halogens is 1. The number of nitrogens with zero attached hydrogens (tertiary/aromatic N) is 1. The van der Waals surface area contributed by atoms with Crippen molar-refractivity contribution in [3.05, 3.63) is 66.6 Å². The van der Waals surface area contributed by atoms with Crippen LogP contribution in [0.3, 0.4) is 0 Å². The number of benzene rings is 2. The highest BCUT2D eigenvalue weighted by Gasteiger charge is 2.13. The van der Waals surface area contributed by atoms with Gasteiger partial charge in [-0.25, -0.2) is 17.5 Å². The first-order valence-corrected chi connectivity index (χ1v) is 9.26. The fourth-order valence-electron chi connectivity index (χ4n) is 2.35. The van der Waals surface area contributed by atoms with Gasteiger partial charge in [-0.15, -0.1) is 0 Å². The van der Waals surface area contributed by atoms with Crippen LogP contribution < -0.4 is 9.46 Å². The molecule has 1 heterocycles. The second kappa shape index (κ2) is 7.58. The van der Waals surface area contributed by atoms with Gasteiger partial charge in [-0.1, -0.05) is 18.2 Å². The van der Waals surface area contributed by atoms with Crippen LogP contribution in [-0.2, 0) is 10.0 Å². The van der Waals surface area contributed by atoms with E-state index in [1.54, 1.807) is 6.20 Å². The fraction of sp³-hybridized carbons (Fsp3) is 0.167. The molecule has 0 aliphatic heterocycles. The summed E-state index contributed by atoms with van der Waals surface area (Å²) in [5.74, 6) is 0.190. The van der Waals surface area contributed by atoms with Crippen molar-refractivity contribution in [1.82, 2.24) is 9.71 Å². The van der Waals surface area contributed by atoms with Gasteiger partial charge in [0.25, 0.3) is 0 Å². The van der Waals surface area contributed by atoms with E-state index in [1.165, 1.54) is 12.1 Å². The van der Waals surface area contributed by atoms with Crippen molar-refractivity contribution in [3.63, 3.8) is 0 Å². The lowest BCUT2D eigenvalue weighted by Gasteiger charge is -2.09. The van der Waals surface area contributed by atoms with Gasteiger partial charge in [-0.05, 0) is 42.8 Å². The fourth-order valence-corrected chi connectivity index (χ4v) is 3.42. The van der Waals surface area contributed by atoms with Crippen LogP contribution in [0.4, 0.5) is 4.39 Å². The maximum atomic E-state index is 12.9. The largest absolute Gasteiger partial charge is 0.491 e. The lowest BCUT2D eigenvalue weighted by atomic mass is 10.2. The zero-order chi connectivity index (χ0) is 17.7. The van der Waals surface area contributed by atoms with Crippen LogP contribution in [-0.4, -0.2) is 26.6 Å². The van der Waals surface area contributed by atoms with Crippen LogP contribution in [0.15, 0.2) is 65.7 Å². The first kappa shape index (κ1) is 17.3. The molecule has 0 amide bonds. The second-order valence-corrected chi connectivity index (χ2v) is 7.15. The number of fused-ring (bicyclic) bond motifs is 1. The monoisotopic (exact) mass is 360 g/mol. The first-order valence-electron chi connectivity index (χ1n) is 7.78. The number of aromatic nitrogens is 1. The molecule has 0 saturated carbocycles. The van der Waals surface area contributed by atoms with Gasteiger partial charge in [-0.2, -0.15) is 0 Å². The normalized spacial score (nSPS) is 11.6. The number of hydrogen-bond acceptors (Lipinski definition) is 4. The molecular weight excluding hydrogens is 343 g/mol. The maximum absolute atomic E-state index is 12.9. The molecule has 3 rings (SSSR count). The van der Waals surface area contributed by atoms with E-state index < -0.39 is 15.8 Å². The highest BCUT2D eigenvalue weighted by atomic mass is 32.2. The van der Waals surface area contributed by atoms with Gasteiger partial charge < -0.3 is 4.74 Å². The third-order valence-corrected chi connectivity index (χ3v) is 5.07. The Bertz CT molecular complexity index is 954. The van der Waals surface area contributed by atoms with Crippen LogP contribution in [0.25, 0.3) is 10.9 Å². The molecule has 25 heavy (non-hydrogen) atoms. The Hall–Kier alpha value is -2.51. The molecule has 0 saturated heterocycles. The van der Waals surface area contributed by atoms with Crippen LogP contribution in [0.1, 0.15) is 6.42 Å². The standard InChI is InChI=1S/C18H17FN2O3S/c19-15-7-9-16(10-8-15)25(22,23)21-12-3-13-24-17-6-1-4-14-5-2-11-20-18(14)17/h1-2,4-11,21H,3,12-13H2. The molecule has 1 aromatic heterocycles. The Balaban J connectivity index is 1.52. The predicted octanol–water partition coefficient (Wildman–Crippen LogP) is 3.12. The van der Waals surface area contributed by atoms with Crippen LogP contribution >= 0.6 is 0 Å². The summed E-state index contributed by atoms with van der Waals surface area (Å²) < 4.78 is 45.2. The molecule has 0 atom stereocenters. The maximum Gasteiger partial charge on any atom is 0.240 e. The van der Waals surface area contributed by atoms with Gasteiger partial charge in [0.05, 0.1) is 11.5 Å². The average Bonchev–Trinajstić information content (AvgIpc) is 2.62. The van der Waals surface area contributed by atoms with Gasteiger partial charge >= 0.3 is 0 Å². The minimum atomic E-state index is -3.64. The highest BCUT2D eigenvalue weighted by Crippen LogP contribution is 2.22. The van der Waals surface area contributed by atoms with Crippen LogP contribution in [0, 0.1) is 5.82 Å². The van der Waals surface area contributed by atoms with Crippen molar-refractivity contribution in [3.8, 4) is 5.75 Å². The highest BCUT2D eigenvalue weighted by molar-refractivity contribution is 7.89. The van der Waals surface area contributed by atoms with Gasteiger partial charge in [0.2, 0.25) is 10.0 Å². The summed E-state index contributed by atoms with van der Waals surface area (Å²) in [5, 5.41) is 0.983. The Morgan fingerprint density at radius 1 is 1.04 bits per heavy atom. The molecule has 0 fully saturated rings. The van der Waals surface area contributed by atoms with E-state index in [2.05, 4.69) is 9.71 Å². The van der Waals surface area contributed by atoms with Crippen molar-refractivity contribution < 1.29 is 17.5 Å². The van der Waals surface area contributed by atoms with Gasteiger partial charge in [-0.3, -0.25) is 4.98 Å². The van der Waals surface area contributed by atoms with E-state index in [-0.39, 0.29) is 11.4 Å². The number of hydrogen-bond donors (Lipinski definition) is 1. The molecule has 0 bridgehead atoms. The van der Waals surface area contributed by atoms with E-state index in [4.69, 9.17) is 4.74 Å². The minimum absolute atomic E-state index is 0.0353. The van der Waals surface area contributed by atoms with Crippen molar-refractivity contribution in [2.24, 2.45) is 0 Å². The predicted molar refractivity (Wildman–Crippen MR) is 93.4 cm³/mol. The van der Waals surface area contributed by atoms with Crippen molar-refractivity contribution in [2.75, 3.05) is 13.2 Å². The summed E-state index contributed by atoms with van der Waals surface area (Å²) in [6.45, 7) is 0.569. The number of rotatable bonds is 7. The molecule has 0 radical (unpaired) electrons. The smallest absolute Gasteiger partial charge is 0.240 e. The summed E-state index contributed by atoms with van der Waals surface area (Å²) >= 11 is 0. The topological polar surface area (TPSA) is 68.3 Å². The summed E-state index contributed by atoms with van der Waals surface area (Å²) in [7, 11) is -3.64. The van der Waals surface area contributed by atoms with Gasteiger partial charge in [0, 0.05) is 18.1 Å². The molecule has 0 aliphatic carbocycles. The molecule has 3 aromatic rings. The summed E-state index contributed by atoms with van der Waals surface area (Å²) in [6.07, 6.45) is 2.19. The van der Waals surface area contributed by atoms with E-state index in [9.17, 15) is 12.8 Å². The number of para-hydroxylation sites is 1. The third kappa shape index (κ3) is 4.32. The zero-order valence-corrected chi connectivity index (χ0v) is 14.2. The number of nitrogens with one attached hydrogen (secondary N) is 1. The first-order chi connectivity index (χ1) is 12.1. The van der Waals surface area contributed by atoms with E-state index in [0.29, 0.717) is 18.8 Å². The van der Waals surface area contributed by atoms with E-state index in [0.717, 1.165) is 23.0 Å². The van der Waals surface area contributed by atoms with Crippen LogP contribution in [0.2, 0.25) is 0 Å². The second-order valence-electron chi connectivity index (χ2n) is 5.38. The Morgan fingerprint density at radius 2 is 1.80 bits per heavy atom. The lowest BCUT2D eigenvalue weighted by Crippen LogP contribution is -2.25. The number of ether oxygens (including phenoxy) is 1. The molecule has 1 N–H and O–H groups in total. The van der Waals surface area contributed by atoms with Crippen LogP contribution in [0.5, 0.6) is 5.75 Å². The molecule has 130 valence electrons. The van der Waals surface area contributed by atoms with E-state index >= 15 is 0 Å². The average molecular weight is 360 g/mol. The van der Waals surface area contributed by atoms with E-state index in [1.807, 2.05) is 30.3 Å². The molecule has 5 nitrogen and oxygen atoms in total. The molecule has 0 spiro atoms. The summed E-state index contributed by atoms with van der Waals surface area (Å²) in [5.41, 5.74) is 0.775. The Labute approximate surface area is 145 Å². The SMILES string of the molecule is O=S(=O)(NCCCOc1cccc2cccnc12)c1ccc(F)cc1. The number of pyridine rings is 1. The minimum Gasteiger partial charge on any atom is -0.491 e. The van der Waals surface area contributed by atoms with Crippen molar-refractivity contribution in [1.29, 1.82) is 0 Å². The molecular formula is C18H17FN2O3S. The van der Waals surface area contributed by atoms with Gasteiger partial charge in [0.15, 0.2) is 0 Å². The molecule has 0 aliphatic rings. The number of sulfonamides is 1. The van der Waals surface area contributed by atoms with Crippen molar-refractivity contribution >= 4 is 20.9 Å². The lowest BCUT2D eigenvalue weighted by molar-refractivity contribution is 0.314. The summed E-state index contributed by atoms with van der Waals surface area (Å²) in [6, 6.07) is 14.2.